The van der Waals surface area contributed by atoms with E-state index in [1.807, 2.05) is 181 Å². The van der Waals surface area contributed by atoms with E-state index in [9.17, 15) is 0 Å². The molecule has 3 aromatic heterocycles. The van der Waals surface area contributed by atoms with Crippen molar-refractivity contribution in [2.24, 2.45) is 0 Å². The van der Waals surface area contributed by atoms with Gasteiger partial charge in [0, 0.05) is 55.3 Å². The number of hydrogen-bond acceptors (Lipinski definition) is 8. The molecule has 14 rings (SSSR count). The second-order valence-electron chi connectivity index (χ2n) is 18.1. The zero-order chi connectivity index (χ0) is 48.4. The average molecular weight is 941 g/mol. The van der Waals surface area contributed by atoms with Crippen molar-refractivity contribution < 1.29 is 9.53 Å². The predicted molar refractivity (Wildman–Crippen MR) is 286 cm³/mol. The van der Waals surface area contributed by atoms with Crippen molar-refractivity contribution in [2.45, 2.75) is 12.3 Å². The number of fused-ring (bicyclic) bond motifs is 6. The van der Waals surface area contributed by atoms with E-state index in [1.165, 1.54) is 0 Å². The van der Waals surface area contributed by atoms with Crippen molar-refractivity contribution in [3.63, 3.8) is 0 Å². The summed E-state index contributed by atoms with van der Waals surface area (Å²) in [6, 6.07) is 76.9. The van der Waals surface area contributed by atoms with Crippen LogP contribution in [0.1, 0.15) is 22.0 Å². The minimum absolute atomic E-state index is 0.148. The molecule has 2 aliphatic rings. The summed E-state index contributed by atoms with van der Waals surface area (Å²) in [5, 5.41) is 1.95. The molecule has 73 heavy (non-hydrogen) atoms. The van der Waals surface area contributed by atoms with Gasteiger partial charge in [-0.2, -0.15) is 0 Å². The number of rotatable bonds is 9. The molecule has 0 aliphatic carbocycles. The minimum Gasteiger partial charge on any atom is -0.342 e. The van der Waals surface area contributed by atoms with Crippen molar-refractivity contribution >= 4 is 33.4 Å². The number of epoxide rings is 1. The normalized spacial score (nSPS) is 14.8. The minimum atomic E-state index is -0.445. The first-order valence-corrected chi connectivity index (χ1v) is 24.2. The Morgan fingerprint density at radius 2 is 0.740 bits per heavy atom. The van der Waals surface area contributed by atoms with Gasteiger partial charge >= 0.3 is 0 Å². The molecule has 0 spiro atoms. The Morgan fingerprint density at radius 1 is 0.356 bits per heavy atom. The van der Waals surface area contributed by atoms with Crippen molar-refractivity contribution in [1.82, 2.24) is 34.5 Å². The quantitative estimate of drug-likeness (QED) is 0.131. The van der Waals surface area contributed by atoms with E-state index >= 15 is 4.79 Å². The number of ether oxygens (including phenoxy) is 1. The Bertz CT molecular complexity index is 3800. The molecule has 2 atom stereocenters. The summed E-state index contributed by atoms with van der Waals surface area (Å²) in [7, 11) is 0. The third kappa shape index (κ3) is 7.35. The lowest BCUT2D eigenvalue weighted by Gasteiger charge is -2.29. The average Bonchev–Trinajstić information content (AvgIpc) is 4.20. The van der Waals surface area contributed by atoms with Crippen molar-refractivity contribution in [2.75, 3.05) is 4.90 Å². The van der Waals surface area contributed by atoms with Crippen LogP contribution in [0.4, 0.5) is 5.69 Å². The van der Waals surface area contributed by atoms with Crippen LogP contribution in [-0.2, 0) is 4.74 Å². The third-order valence-electron chi connectivity index (χ3n) is 13.7. The van der Waals surface area contributed by atoms with E-state index in [1.54, 1.807) is 0 Å². The summed E-state index contributed by atoms with van der Waals surface area (Å²) in [6.07, 6.45) is -0.758. The Hall–Kier alpha value is -9.77. The van der Waals surface area contributed by atoms with Crippen LogP contribution in [0.25, 0.3) is 107 Å². The molecule has 344 valence electrons. The van der Waals surface area contributed by atoms with Gasteiger partial charge < -0.3 is 9.30 Å². The molecule has 12 aromatic rings. The Morgan fingerprint density at radius 3 is 1.19 bits per heavy atom. The predicted octanol–water partition coefficient (Wildman–Crippen LogP) is 13.9. The van der Waals surface area contributed by atoms with E-state index in [2.05, 4.69) is 59.2 Å². The molecule has 5 heterocycles. The van der Waals surface area contributed by atoms with Gasteiger partial charge in [0.05, 0.1) is 28.0 Å². The number of anilines is 1. The molecule has 10 nitrogen and oxygen atoms in total. The smallest absolute Gasteiger partial charge is 0.263 e. The number of nitrogens with zero attached hydrogens (tertiary/aromatic N) is 8. The van der Waals surface area contributed by atoms with Crippen LogP contribution < -0.4 is 4.90 Å². The second-order valence-corrected chi connectivity index (χ2v) is 18.1. The molecule has 2 aliphatic heterocycles. The molecule has 0 bridgehead atoms. The highest BCUT2D eigenvalue weighted by atomic mass is 16.6. The summed E-state index contributed by atoms with van der Waals surface area (Å²) >= 11 is 0. The maximum atomic E-state index is 15.7. The molecule has 10 heteroatoms. The summed E-state index contributed by atoms with van der Waals surface area (Å²) in [4.78, 5) is 48.0. The fraction of sp³-hybridized carbons (Fsp3) is 0.0317. The van der Waals surface area contributed by atoms with E-state index in [-0.39, 0.29) is 12.0 Å². The van der Waals surface area contributed by atoms with Gasteiger partial charge in [-0.1, -0.05) is 206 Å². The lowest BCUT2D eigenvalue weighted by Crippen LogP contribution is -2.38. The molecule has 0 radical (unpaired) electrons. The van der Waals surface area contributed by atoms with E-state index in [0.29, 0.717) is 46.2 Å². The number of amides is 1. The van der Waals surface area contributed by atoms with Crippen LogP contribution in [0.3, 0.4) is 0 Å². The van der Waals surface area contributed by atoms with Gasteiger partial charge in [0.1, 0.15) is 6.10 Å². The lowest BCUT2D eigenvalue weighted by molar-refractivity contribution is 0.0974. The van der Waals surface area contributed by atoms with Crippen LogP contribution in [0, 0.1) is 0 Å². The molecule has 0 saturated carbocycles. The molecular formula is C63H40N8O2. The lowest BCUT2D eigenvalue weighted by atomic mass is 9.94. The van der Waals surface area contributed by atoms with E-state index in [4.69, 9.17) is 34.6 Å². The highest BCUT2D eigenvalue weighted by Gasteiger charge is 2.54. The highest BCUT2D eigenvalue weighted by molar-refractivity contribution is 6.16. The number of aromatic nitrogens is 7. The number of hydrogen-bond donors (Lipinski definition) is 0. The van der Waals surface area contributed by atoms with Crippen LogP contribution >= 0.6 is 0 Å². The van der Waals surface area contributed by atoms with Crippen molar-refractivity contribution in [3.8, 4) is 85.1 Å². The van der Waals surface area contributed by atoms with E-state index in [0.717, 1.165) is 77.6 Å². The third-order valence-corrected chi connectivity index (χ3v) is 13.7. The monoisotopic (exact) mass is 940 g/mol. The molecule has 1 fully saturated rings. The second kappa shape index (κ2) is 17.3. The van der Waals surface area contributed by atoms with Crippen molar-refractivity contribution in [3.05, 3.63) is 242 Å². The largest absolute Gasteiger partial charge is 0.342 e. The van der Waals surface area contributed by atoms with Crippen LogP contribution in [-0.4, -0.2) is 46.6 Å². The van der Waals surface area contributed by atoms with Crippen molar-refractivity contribution in [1.29, 1.82) is 0 Å². The van der Waals surface area contributed by atoms with Gasteiger partial charge in [-0.3, -0.25) is 9.69 Å². The van der Waals surface area contributed by atoms with Gasteiger partial charge in [-0.15, -0.1) is 0 Å². The summed E-state index contributed by atoms with van der Waals surface area (Å²) in [5.74, 6) is 3.14. The molecule has 0 N–H and O–H groups in total. The summed E-state index contributed by atoms with van der Waals surface area (Å²) in [6.45, 7) is 0. The first-order chi connectivity index (χ1) is 36.1. The van der Waals surface area contributed by atoms with Crippen LogP contribution in [0.5, 0.6) is 0 Å². The summed E-state index contributed by atoms with van der Waals surface area (Å²) in [5.41, 5.74) is 11.7. The fourth-order valence-corrected chi connectivity index (χ4v) is 10.2. The molecule has 2 unspecified atom stereocenters. The number of carbonyl (C=O) groups excluding carboxylic acids is 1. The molecular weight excluding hydrogens is 901 g/mol. The van der Waals surface area contributed by atoms with Gasteiger partial charge in [-0.05, 0) is 29.8 Å². The Labute approximate surface area is 419 Å². The maximum Gasteiger partial charge on any atom is 0.263 e. The molecule has 1 amide bonds. The SMILES string of the molecule is O=C1c2c(cccc2-n2c3cc(-c4nc(-c5ccccc5)nc(-c5ccccc5)n4)ccc3c3ccc(-c4nc(-c5ccccc5)nc(-c5ccccc5)n4)cc32)C2OC2N1c1ccccc1-c1ccccc1. The zero-order valence-corrected chi connectivity index (χ0v) is 39.0. The first-order valence-electron chi connectivity index (χ1n) is 24.2. The molecule has 1 saturated heterocycles. The van der Waals surface area contributed by atoms with Crippen LogP contribution in [0.2, 0.25) is 0 Å². The number of para-hydroxylation sites is 1. The zero-order valence-electron chi connectivity index (χ0n) is 39.0. The van der Waals surface area contributed by atoms with Gasteiger partial charge in [-0.25, -0.2) is 29.9 Å². The topological polar surface area (TPSA) is 115 Å². The Balaban J connectivity index is 1.01. The highest BCUT2D eigenvalue weighted by Crippen LogP contribution is 2.52. The Kier molecular flexibility index (Phi) is 9.97. The first kappa shape index (κ1) is 42.1. The molecule has 9 aromatic carbocycles. The fourth-order valence-electron chi connectivity index (χ4n) is 10.2. The van der Waals surface area contributed by atoms with Crippen LogP contribution in [0.15, 0.2) is 231 Å². The maximum absolute atomic E-state index is 15.7. The number of carbonyl (C=O) groups is 1. The van der Waals surface area contributed by atoms with E-state index < -0.39 is 6.23 Å². The van der Waals surface area contributed by atoms with Gasteiger partial charge in [0.2, 0.25) is 0 Å². The summed E-state index contributed by atoms with van der Waals surface area (Å²) < 4.78 is 8.68. The van der Waals surface area contributed by atoms with Gasteiger partial charge in [0.25, 0.3) is 5.91 Å². The standard InChI is InChI=1S/C63H40N8O2/c72-62-54-49(55-63(73-55)71(62)50-31-17-16-29-46(50)39-19-6-1-7-20-39)30-18-32-51(54)70-52-37-44(60-66-56(40-21-8-2-9-22-40)64-57(67-60)41-23-10-3-11-24-41)33-35-47(52)48-36-34-45(38-53(48)70)61-68-58(42-25-12-4-13-26-42)65-59(69-61)43-27-14-5-15-28-43/h1-38,55,63H. The van der Waals surface area contributed by atoms with Gasteiger partial charge in [0.15, 0.2) is 41.2 Å². The number of benzene rings is 9.